The highest BCUT2D eigenvalue weighted by molar-refractivity contribution is 6.31. The van der Waals surface area contributed by atoms with E-state index in [0.29, 0.717) is 0 Å². The van der Waals surface area contributed by atoms with Crippen LogP contribution in [0, 0.1) is 6.92 Å². The van der Waals surface area contributed by atoms with Gasteiger partial charge in [0.1, 0.15) is 11.3 Å². The molecule has 0 amide bonds. The van der Waals surface area contributed by atoms with Gasteiger partial charge in [0.2, 0.25) is 12.5 Å². The van der Waals surface area contributed by atoms with E-state index in [1.165, 1.54) is 13.0 Å². The van der Waals surface area contributed by atoms with E-state index in [9.17, 15) is 24.6 Å². The molecule has 2 aliphatic rings. The van der Waals surface area contributed by atoms with Crippen molar-refractivity contribution in [3.63, 3.8) is 0 Å². The summed E-state index contributed by atoms with van der Waals surface area (Å²) in [6, 6.07) is 2.38. The summed E-state index contributed by atoms with van der Waals surface area (Å²) in [7, 11) is 1.13. The van der Waals surface area contributed by atoms with Crippen molar-refractivity contribution >= 4 is 17.5 Å². The second kappa shape index (κ2) is 5.22. The number of fused-ring (bicyclic) bond motifs is 3. The molecule has 0 spiro atoms. The lowest BCUT2D eigenvalue weighted by atomic mass is 9.79. The second-order valence-electron chi connectivity index (χ2n) is 5.85. The van der Waals surface area contributed by atoms with E-state index in [-0.39, 0.29) is 51.7 Å². The van der Waals surface area contributed by atoms with Crippen molar-refractivity contribution in [3.8, 4) is 23.0 Å². The summed E-state index contributed by atoms with van der Waals surface area (Å²) < 4.78 is 14.9. The Labute approximate surface area is 146 Å². The number of methoxy groups -OCH3 is 1. The minimum absolute atomic E-state index is 0.0158. The minimum atomic E-state index is -0.844. The molecule has 26 heavy (non-hydrogen) atoms. The molecule has 2 N–H and O–H groups in total. The Morgan fingerprint density at radius 2 is 1.77 bits per heavy atom. The van der Waals surface area contributed by atoms with Gasteiger partial charge in [-0.1, -0.05) is 0 Å². The number of ether oxygens (including phenoxy) is 3. The van der Waals surface area contributed by atoms with Gasteiger partial charge in [-0.2, -0.15) is 0 Å². The first-order valence-electron chi connectivity index (χ1n) is 7.56. The average Bonchev–Trinajstić information content (AvgIpc) is 3.07. The van der Waals surface area contributed by atoms with E-state index in [4.69, 9.17) is 9.47 Å². The molecule has 1 aliphatic carbocycles. The molecule has 0 bridgehead atoms. The number of esters is 1. The highest BCUT2D eigenvalue weighted by Gasteiger charge is 2.39. The lowest BCUT2D eigenvalue weighted by molar-refractivity contribution is 0.0596. The highest BCUT2D eigenvalue weighted by atomic mass is 16.7. The number of carbonyl (C=O) groups is 3. The van der Waals surface area contributed by atoms with Crippen molar-refractivity contribution in [3.05, 3.63) is 45.5 Å². The van der Waals surface area contributed by atoms with Crippen LogP contribution in [0.4, 0.5) is 0 Å². The average molecular weight is 356 g/mol. The number of benzene rings is 2. The molecule has 2 aromatic carbocycles. The van der Waals surface area contributed by atoms with Gasteiger partial charge in [0.15, 0.2) is 23.1 Å². The number of hydrogen-bond acceptors (Lipinski definition) is 8. The largest absolute Gasteiger partial charge is 0.507 e. The lowest BCUT2D eigenvalue weighted by Gasteiger charge is -2.22. The number of phenolic OH excluding ortho intramolecular Hbond substituents is 2. The predicted molar refractivity (Wildman–Crippen MR) is 85.3 cm³/mol. The molecule has 0 unspecified atom stereocenters. The fourth-order valence-corrected chi connectivity index (χ4v) is 3.34. The predicted octanol–water partition coefficient (Wildman–Crippen LogP) is 1.70. The summed E-state index contributed by atoms with van der Waals surface area (Å²) in [6.45, 7) is 1.28. The number of aromatic hydroxyl groups is 2. The number of rotatable bonds is 1. The zero-order chi connectivity index (χ0) is 18.7. The third-order valence-corrected chi connectivity index (χ3v) is 4.53. The SMILES string of the molecule is COC(=O)c1c(O)cc2c(c1C)C(=O)c1c(cc3c(c1O)OCO3)C2=O. The topological polar surface area (TPSA) is 119 Å². The number of hydrogen-bond donors (Lipinski definition) is 2. The molecule has 1 heterocycles. The summed E-state index contributed by atoms with van der Waals surface area (Å²) in [5, 5.41) is 20.6. The van der Waals surface area contributed by atoms with E-state index < -0.39 is 29.0 Å². The first-order chi connectivity index (χ1) is 12.4. The smallest absolute Gasteiger partial charge is 0.341 e. The maximum Gasteiger partial charge on any atom is 0.341 e. The van der Waals surface area contributed by atoms with Gasteiger partial charge in [-0.05, 0) is 24.6 Å². The Hall–Kier alpha value is -3.55. The van der Waals surface area contributed by atoms with Gasteiger partial charge in [-0.15, -0.1) is 0 Å². The number of phenols is 2. The second-order valence-corrected chi connectivity index (χ2v) is 5.85. The van der Waals surface area contributed by atoms with Crippen molar-refractivity contribution < 1.29 is 38.8 Å². The maximum absolute atomic E-state index is 13.0. The standard InChI is InChI=1S/C18H12O8/c1-6-11-7(3-9(19)12(6)18(23)24-2)14(20)8-4-10-17(26-5-25-10)16(22)13(8)15(11)21/h3-4,19,22H,5H2,1-2H3. The van der Waals surface area contributed by atoms with Gasteiger partial charge in [-0.3, -0.25) is 9.59 Å². The monoisotopic (exact) mass is 356 g/mol. The molecule has 0 aromatic heterocycles. The van der Waals surface area contributed by atoms with Gasteiger partial charge in [0, 0.05) is 16.7 Å². The van der Waals surface area contributed by atoms with Gasteiger partial charge in [0.05, 0.1) is 12.7 Å². The van der Waals surface area contributed by atoms with Crippen LogP contribution in [0.5, 0.6) is 23.0 Å². The molecule has 8 nitrogen and oxygen atoms in total. The van der Waals surface area contributed by atoms with E-state index in [2.05, 4.69) is 4.74 Å². The van der Waals surface area contributed by atoms with E-state index in [1.807, 2.05) is 0 Å². The van der Waals surface area contributed by atoms with Crippen LogP contribution in [-0.4, -0.2) is 41.7 Å². The van der Waals surface area contributed by atoms with Crippen molar-refractivity contribution in [1.29, 1.82) is 0 Å². The molecule has 0 saturated heterocycles. The van der Waals surface area contributed by atoms with Crippen molar-refractivity contribution in [2.45, 2.75) is 6.92 Å². The van der Waals surface area contributed by atoms with Gasteiger partial charge in [0.25, 0.3) is 0 Å². The Balaban J connectivity index is 2.03. The van der Waals surface area contributed by atoms with E-state index in [0.717, 1.165) is 13.2 Å². The van der Waals surface area contributed by atoms with Crippen molar-refractivity contribution in [1.82, 2.24) is 0 Å². The van der Waals surface area contributed by atoms with Crippen LogP contribution < -0.4 is 9.47 Å². The van der Waals surface area contributed by atoms with Gasteiger partial charge >= 0.3 is 5.97 Å². The molecule has 0 saturated carbocycles. The van der Waals surface area contributed by atoms with Crippen LogP contribution in [0.2, 0.25) is 0 Å². The zero-order valence-corrected chi connectivity index (χ0v) is 13.7. The molecular formula is C18H12O8. The van der Waals surface area contributed by atoms with Crippen LogP contribution >= 0.6 is 0 Å². The molecular weight excluding hydrogens is 344 g/mol. The third-order valence-electron chi connectivity index (χ3n) is 4.53. The number of ketones is 2. The van der Waals surface area contributed by atoms with Gasteiger partial charge < -0.3 is 24.4 Å². The first kappa shape index (κ1) is 15.9. The Kier molecular flexibility index (Phi) is 3.20. The van der Waals surface area contributed by atoms with Gasteiger partial charge in [-0.25, -0.2) is 4.79 Å². The molecule has 4 rings (SSSR count). The molecule has 2 aromatic rings. The van der Waals surface area contributed by atoms with Crippen LogP contribution in [0.15, 0.2) is 12.1 Å². The fourth-order valence-electron chi connectivity index (χ4n) is 3.34. The summed E-state index contributed by atoms with van der Waals surface area (Å²) in [5.41, 5.74) is -0.549. The highest BCUT2D eigenvalue weighted by Crippen LogP contribution is 2.48. The van der Waals surface area contributed by atoms with E-state index >= 15 is 0 Å². The lowest BCUT2D eigenvalue weighted by Crippen LogP contribution is -2.24. The minimum Gasteiger partial charge on any atom is -0.507 e. The molecule has 132 valence electrons. The van der Waals surface area contributed by atoms with Crippen LogP contribution in [0.3, 0.4) is 0 Å². The summed E-state index contributed by atoms with van der Waals surface area (Å²) in [4.78, 5) is 37.8. The van der Waals surface area contributed by atoms with Crippen LogP contribution in [-0.2, 0) is 4.74 Å². The molecule has 0 fully saturated rings. The Morgan fingerprint density at radius 1 is 1.08 bits per heavy atom. The summed E-state index contributed by atoms with van der Waals surface area (Å²) in [6.07, 6.45) is 0. The normalized spacial score (nSPS) is 14.1. The summed E-state index contributed by atoms with van der Waals surface area (Å²) >= 11 is 0. The molecule has 1 aliphatic heterocycles. The molecule has 8 heteroatoms. The third kappa shape index (κ3) is 1.86. The first-order valence-corrected chi connectivity index (χ1v) is 7.56. The zero-order valence-electron chi connectivity index (χ0n) is 13.7. The van der Waals surface area contributed by atoms with Crippen molar-refractivity contribution in [2.75, 3.05) is 13.9 Å². The fraction of sp³-hybridized carbons (Fsp3) is 0.167. The summed E-state index contributed by atoms with van der Waals surface area (Å²) in [5.74, 6) is -2.92. The Bertz CT molecular complexity index is 1030. The van der Waals surface area contributed by atoms with Crippen molar-refractivity contribution in [2.24, 2.45) is 0 Å². The maximum atomic E-state index is 13.0. The molecule has 0 atom stereocenters. The van der Waals surface area contributed by atoms with E-state index in [1.54, 1.807) is 0 Å². The Morgan fingerprint density at radius 3 is 2.46 bits per heavy atom. The number of carbonyl (C=O) groups excluding carboxylic acids is 3. The van der Waals surface area contributed by atoms with Crippen LogP contribution in [0.25, 0.3) is 0 Å². The quantitative estimate of drug-likeness (QED) is 0.632. The van der Waals surface area contributed by atoms with Crippen LogP contribution in [0.1, 0.15) is 47.8 Å². The molecule has 0 radical (unpaired) electrons.